The molecule has 2 aromatic rings. The summed E-state index contributed by atoms with van der Waals surface area (Å²) in [5.74, 6) is -0.0381. The van der Waals surface area contributed by atoms with Gasteiger partial charge in [0.1, 0.15) is 0 Å². The van der Waals surface area contributed by atoms with Gasteiger partial charge in [-0.25, -0.2) is 4.79 Å². The number of anilines is 1. The number of carbonyl (C=O) groups excluding carboxylic acids is 2. The van der Waals surface area contributed by atoms with Gasteiger partial charge in [-0.2, -0.15) is 0 Å². The minimum atomic E-state index is -0.158. The lowest BCUT2D eigenvalue weighted by Gasteiger charge is -2.25. The van der Waals surface area contributed by atoms with E-state index in [0.29, 0.717) is 13.1 Å². The molecule has 3 amide bonds. The van der Waals surface area contributed by atoms with Crippen LogP contribution < -0.4 is 15.5 Å². The second kappa shape index (κ2) is 10.8. The molecule has 30 heavy (non-hydrogen) atoms. The van der Waals surface area contributed by atoms with E-state index in [1.54, 1.807) is 4.90 Å². The summed E-state index contributed by atoms with van der Waals surface area (Å²) in [6.07, 6.45) is 2.44. The van der Waals surface area contributed by atoms with Gasteiger partial charge in [0.05, 0.1) is 19.1 Å². The number of nitrogens with zero attached hydrogens (tertiary/aromatic N) is 1. The molecule has 0 aromatic heterocycles. The number of nitrogens with one attached hydrogen (secondary N) is 2. The monoisotopic (exact) mass is 409 g/mol. The molecule has 2 N–H and O–H groups in total. The van der Waals surface area contributed by atoms with Crippen molar-refractivity contribution >= 4 is 17.6 Å². The molecule has 1 saturated heterocycles. The van der Waals surface area contributed by atoms with Gasteiger partial charge in [-0.1, -0.05) is 42.5 Å². The Bertz CT molecular complexity index is 833. The first-order valence-electron chi connectivity index (χ1n) is 10.6. The minimum Gasteiger partial charge on any atom is -0.376 e. The van der Waals surface area contributed by atoms with E-state index in [-0.39, 0.29) is 30.5 Å². The Morgan fingerprint density at radius 1 is 1.10 bits per heavy atom. The molecule has 0 saturated carbocycles. The Morgan fingerprint density at radius 3 is 2.57 bits per heavy atom. The standard InChI is InChI=1S/C24H31N3O3/c1-18(2)26-24(29)27(17-19-8-4-3-5-9-19)21-11-6-10-20(14-21)15-23(28)25-16-22-12-7-13-30-22/h3-6,8-11,14,18,22H,7,12-13,15-17H2,1-2H3,(H,25,28)(H,26,29). The quantitative estimate of drug-likeness (QED) is 0.699. The Labute approximate surface area is 178 Å². The maximum Gasteiger partial charge on any atom is 0.322 e. The number of hydrogen-bond donors (Lipinski definition) is 2. The van der Waals surface area contributed by atoms with Gasteiger partial charge in [-0.05, 0) is 49.9 Å². The van der Waals surface area contributed by atoms with Crippen LogP contribution in [0.25, 0.3) is 0 Å². The SMILES string of the molecule is CC(C)NC(=O)N(Cc1ccccc1)c1cccc(CC(=O)NCC2CCCO2)c1. The highest BCUT2D eigenvalue weighted by atomic mass is 16.5. The van der Waals surface area contributed by atoms with Crippen LogP contribution >= 0.6 is 0 Å². The third-order valence-corrected chi connectivity index (χ3v) is 4.98. The van der Waals surface area contributed by atoms with Crippen molar-refractivity contribution in [1.29, 1.82) is 0 Å². The van der Waals surface area contributed by atoms with Gasteiger partial charge in [0.15, 0.2) is 0 Å². The fourth-order valence-electron chi connectivity index (χ4n) is 3.49. The molecular formula is C24H31N3O3. The largest absolute Gasteiger partial charge is 0.376 e. The molecule has 1 atom stereocenters. The summed E-state index contributed by atoms with van der Waals surface area (Å²) in [6, 6.07) is 17.4. The van der Waals surface area contributed by atoms with E-state index < -0.39 is 0 Å². The van der Waals surface area contributed by atoms with Gasteiger partial charge >= 0.3 is 6.03 Å². The van der Waals surface area contributed by atoms with Gasteiger partial charge < -0.3 is 15.4 Å². The zero-order chi connectivity index (χ0) is 21.3. The molecule has 0 radical (unpaired) electrons. The van der Waals surface area contributed by atoms with Crippen LogP contribution in [-0.2, 0) is 22.5 Å². The Hall–Kier alpha value is -2.86. The molecule has 1 unspecified atom stereocenters. The molecule has 3 rings (SSSR count). The predicted molar refractivity (Wildman–Crippen MR) is 118 cm³/mol. The summed E-state index contributed by atoms with van der Waals surface area (Å²) in [7, 11) is 0. The van der Waals surface area contributed by atoms with Crippen molar-refractivity contribution in [1.82, 2.24) is 10.6 Å². The molecule has 1 aliphatic heterocycles. The van der Waals surface area contributed by atoms with Crippen LogP contribution in [0.3, 0.4) is 0 Å². The first kappa shape index (κ1) is 21.8. The lowest BCUT2D eigenvalue weighted by Crippen LogP contribution is -2.42. The molecule has 2 aromatic carbocycles. The van der Waals surface area contributed by atoms with E-state index in [1.165, 1.54) is 0 Å². The molecule has 6 nitrogen and oxygen atoms in total. The summed E-state index contributed by atoms with van der Waals surface area (Å²) in [4.78, 5) is 26.9. The van der Waals surface area contributed by atoms with Crippen molar-refractivity contribution in [2.24, 2.45) is 0 Å². The van der Waals surface area contributed by atoms with E-state index in [4.69, 9.17) is 4.74 Å². The average Bonchev–Trinajstić information content (AvgIpc) is 3.24. The Balaban J connectivity index is 1.69. The number of hydrogen-bond acceptors (Lipinski definition) is 3. The van der Waals surface area contributed by atoms with Crippen LogP contribution in [0.15, 0.2) is 54.6 Å². The third kappa shape index (κ3) is 6.59. The lowest BCUT2D eigenvalue weighted by atomic mass is 10.1. The summed E-state index contributed by atoms with van der Waals surface area (Å²) < 4.78 is 5.55. The van der Waals surface area contributed by atoms with E-state index in [2.05, 4.69) is 10.6 Å². The first-order valence-corrected chi connectivity index (χ1v) is 10.6. The van der Waals surface area contributed by atoms with Crippen LogP contribution in [0.5, 0.6) is 0 Å². The van der Waals surface area contributed by atoms with Crippen LogP contribution in [0.1, 0.15) is 37.8 Å². The second-order valence-electron chi connectivity index (χ2n) is 7.96. The molecular weight excluding hydrogens is 378 g/mol. The molecule has 1 heterocycles. The normalized spacial score (nSPS) is 15.8. The second-order valence-corrected chi connectivity index (χ2v) is 7.96. The topological polar surface area (TPSA) is 70.7 Å². The van der Waals surface area contributed by atoms with Gasteiger partial charge in [0.2, 0.25) is 5.91 Å². The van der Waals surface area contributed by atoms with Crippen molar-refractivity contribution < 1.29 is 14.3 Å². The van der Waals surface area contributed by atoms with Crippen LogP contribution in [0, 0.1) is 0 Å². The fourth-order valence-corrected chi connectivity index (χ4v) is 3.49. The van der Waals surface area contributed by atoms with Gasteiger partial charge in [-0.3, -0.25) is 9.69 Å². The summed E-state index contributed by atoms with van der Waals surface area (Å²) in [5.41, 5.74) is 2.67. The van der Waals surface area contributed by atoms with Crippen molar-refractivity contribution in [3.05, 3.63) is 65.7 Å². The predicted octanol–water partition coefficient (Wildman–Crippen LogP) is 3.65. The van der Waals surface area contributed by atoms with E-state index in [1.807, 2.05) is 68.4 Å². The summed E-state index contributed by atoms with van der Waals surface area (Å²) in [5, 5.41) is 5.92. The van der Waals surface area contributed by atoms with Gasteiger partial charge in [-0.15, -0.1) is 0 Å². The van der Waals surface area contributed by atoms with Crippen LogP contribution in [-0.4, -0.2) is 37.2 Å². The van der Waals surface area contributed by atoms with Crippen molar-refractivity contribution in [3.63, 3.8) is 0 Å². The molecule has 0 spiro atoms. The number of urea groups is 1. The number of rotatable bonds is 8. The average molecular weight is 410 g/mol. The number of carbonyl (C=O) groups is 2. The minimum absolute atomic E-state index is 0.0301. The highest BCUT2D eigenvalue weighted by molar-refractivity contribution is 5.92. The number of benzene rings is 2. The zero-order valence-electron chi connectivity index (χ0n) is 17.8. The molecule has 1 fully saturated rings. The van der Waals surface area contributed by atoms with Gasteiger partial charge in [0, 0.05) is 24.9 Å². The number of ether oxygens (including phenoxy) is 1. The number of amides is 3. The Kier molecular flexibility index (Phi) is 7.85. The van der Waals surface area contributed by atoms with Crippen LogP contribution in [0.2, 0.25) is 0 Å². The highest BCUT2D eigenvalue weighted by Crippen LogP contribution is 2.20. The maximum absolute atomic E-state index is 12.9. The zero-order valence-corrected chi connectivity index (χ0v) is 17.8. The fraction of sp³-hybridized carbons (Fsp3) is 0.417. The smallest absolute Gasteiger partial charge is 0.322 e. The molecule has 0 bridgehead atoms. The molecule has 6 heteroatoms. The lowest BCUT2D eigenvalue weighted by molar-refractivity contribution is -0.120. The molecule has 160 valence electrons. The third-order valence-electron chi connectivity index (χ3n) is 4.98. The van der Waals surface area contributed by atoms with Crippen molar-refractivity contribution in [3.8, 4) is 0 Å². The summed E-state index contributed by atoms with van der Waals surface area (Å²) >= 11 is 0. The molecule has 0 aliphatic carbocycles. The Morgan fingerprint density at radius 2 is 1.87 bits per heavy atom. The van der Waals surface area contributed by atoms with Crippen LogP contribution in [0.4, 0.5) is 10.5 Å². The van der Waals surface area contributed by atoms with E-state index in [0.717, 1.165) is 36.3 Å². The van der Waals surface area contributed by atoms with E-state index >= 15 is 0 Å². The highest BCUT2D eigenvalue weighted by Gasteiger charge is 2.19. The van der Waals surface area contributed by atoms with Crippen molar-refractivity contribution in [2.45, 2.75) is 51.8 Å². The van der Waals surface area contributed by atoms with Crippen molar-refractivity contribution in [2.75, 3.05) is 18.1 Å². The molecule has 1 aliphatic rings. The van der Waals surface area contributed by atoms with E-state index in [9.17, 15) is 9.59 Å². The van der Waals surface area contributed by atoms with Gasteiger partial charge in [0.25, 0.3) is 0 Å². The maximum atomic E-state index is 12.9. The summed E-state index contributed by atoms with van der Waals surface area (Å²) in [6.45, 7) is 5.66. The first-order chi connectivity index (χ1) is 14.5.